The summed E-state index contributed by atoms with van der Waals surface area (Å²) in [4.78, 5) is 11.6. The Labute approximate surface area is 156 Å². The molecule has 0 aliphatic heterocycles. The van der Waals surface area contributed by atoms with Gasteiger partial charge in [-0.05, 0) is 37.1 Å². The second-order valence-corrected chi connectivity index (χ2v) is 6.01. The number of carbonyl (C=O) groups excluding carboxylic acids is 1. The first-order valence-corrected chi connectivity index (χ1v) is 8.15. The Bertz CT molecular complexity index is 828. The second-order valence-electron chi connectivity index (χ2n) is 5.57. The second kappa shape index (κ2) is 9.03. The molecule has 2 aromatic carbocycles. The molecule has 0 heterocycles. The Morgan fingerprint density at radius 3 is 2.19 bits per heavy atom. The number of rotatable bonds is 7. The Morgan fingerprint density at radius 1 is 1.00 bits per heavy atom. The zero-order valence-corrected chi connectivity index (χ0v) is 14.8. The maximum Gasteiger partial charge on any atom is 0.306 e. The van der Waals surface area contributed by atoms with Crippen LogP contribution in [-0.2, 0) is 16.1 Å². The van der Waals surface area contributed by atoms with Crippen molar-refractivity contribution in [2.75, 3.05) is 6.61 Å². The van der Waals surface area contributed by atoms with Crippen molar-refractivity contribution in [3.05, 3.63) is 63.4 Å². The van der Waals surface area contributed by atoms with E-state index in [1.807, 2.05) is 0 Å². The van der Waals surface area contributed by atoms with Gasteiger partial charge in [-0.1, -0.05) is 11.6 Å². The van der Waals surface area contributed by atoms with Crippen molar-refractivity contribution in [3.63, 3.8) is 0 Å². The third-order valence-corrected chi connectivity index (χ3v) is 3.83. The van der Waals surface area contributed by atoms with Gasteiger partial charge < -0.3 is 9.47 Å². The summed E-state index contributed by atoms with van der Waals surface area (Å²) in [6, 6.07) is 5.01. The van der Waals surface area contributed by atoms with Crippen LogP contribution in [0.25, 0.3) is 0 Å². The van der Waals surface area contributed by atoms with Crippen molar-refractivity contribution in [1.82, 2.24) is 0 Å². The van der Waals surface area contributed by atoms with E-state index in [1.165, 1.54) is 0 Å². The first-order chi connectivity index (χ1) is 12.7. The average molecular weight is 409 g/mol. The fourth-order valence-corrected chi connectivity index (χ4v) is 2.40. The van der Waals surface area contributed by atoms with Crippen LogP contribution in [0.4, 0.5) is 22.0 Å². The minimum Gasteiger partial charge on any atom is -0.493 e. The number of esters is 1. The Kier molecular flexibility index (Phi) is 7.01. The lowest BCUT2D eigenvalue weighted by Gasteiger charge is -2.10. The van der Waals surface area contributed by atoms with Gasteiger partial charge in [0, 0.05) is 11.4 Å². The molecule has 0 saturated carbocycles. The number of benzene rings is 2. The van der Waals surface area contributed by atoms with Crippen LogP contribution in [0.5, 0.6) is 5.75 Å². The maximum absolute atomic E-state index is 13.5. The predicted octanol–water partition coefficient (Wildman–Crippen LogP) is 5.25. The van der Waals surface area contributed by atoms with E-state index in [1.54, 1.807) is 25.1 Å². The molecule has 2 rings (SSSR count). The summed E-state index contributed by atoms with van der Waals surface area (Å²) in [7, 11) is 0. The molecule has 0 bridgehead atoms. The van der Waals surface area contributed by atoms with Crippen LogP contribution in [0.15, 0.2) is 18.2 Å². The van der Waals surface area contributed by atoms with Crippen LogP contribution in [0.2, 0.25) is 5.02 Å². The zero-order chi connectivity index (χ0) is 20.1. The Morgan fingerprint density at radius 2 is 1.59 bits per heavy atom. The summed E-state index contributed by atoms with van der Waals surface area (Å²) in [5, 5.41) is 0.552. The van der Waals surface area contributed by atoms with Gasteiger partial charge in [-0.25, -0.2) is 22.0 Å². The van der Waals surface area contributed by atoms with E-state index in [2.05, 4.69) is 4.74 Å². The van der Waals surface area contributed by atoms with Crippen LogP contribution in [0.1, 0.15) is 24.0 Å². The van der Waals surface area contributed by atoms with E-state index in [4.69, 9.17) is 16.3 Å². The SMILES string of the molecule is Cc1cc(Cl)ccc1OCCCC(=O)OCc1c(F)c(F)c(F)c(F)c1F. The third-order valence-electron chi connectivity index (χ3n) is 3.60. The van der Waals surface area contributed by atoms with E-state index in [0.717, 1.165) is 5.56 Å². The van der Waals surface area contributed by atoms with E-state index in [0.29, 0.717) is 10.8 Å². The molecular formula is C18H14ClF5O3. The van der Waals surface area contributed by atoms with Crippen LogP contribution in [-0.4, -0.2) is 12.6 Å². The molecule has 27 heavy (non-hydrogen) atoms. The van der Waals surface area contributed by atoms with Crippen LogP contribution >= 0.6 is 11.6 Å². The Hall–Kier alpha value is -2.35. The number of hydrogen-bond acceptors (Lipinski definition) is 3. The van der Waals surface area contributed by atoms with Crippen LogP contribution in [0, 0.1) is 36.0 Å². The smallest absolute Gasteiger partial charge is 0.306 e. The molecule has 0 fully saturated rings. The quantitative estimate of drug-likeness (QED) is 0.206. The van der Waals surface area contributed by atoms with E-state index in [-0.39, 0.29) is 19.4 Å². The zero-order valence-electron chi connectivity index (χ0n) is 14.1. The van der Waals surface area contributed by atoms with Gasteiger partial charge in [0.15, 0.2) is 23.3 Å². The topological polar surface area (TPSA) is 35.5 Å². The molecule has 0 aliphatic carbocycles. The standard InChI is InChI=1S/C18H14ClF5O3/c1-9-7-10(19)4-5-12(9)26-6-2-3-13(25)27-8-11-14(20)16(22)18(24)17(23)15(11)21/h4-5,7H,2-3,6,8H2,1H3. The van der Waals surface area contributed by atoms with Gasteiger partial charge in [0.25, 0.3) is 0 Å². The van der Waals surface area contributed by atoms with Crippen molar-refractivity contribution < 1.29 is 36.2 Å². The highest BCUT2D eigenvalue weighted by Crippen LogP contribution is 2.24. The molecule has 0 radical (unpaired) electrons. The van der Waals surface area contributed by atoms with Gasteiger partial charge >= 0.3 is 5.97 Å². The van der Waals surface area contributed by atoms with Crippen LogP contribution < -0.4 is 4.74 Å². The van der Waals surface area contributed by atoms with Crippen molar-refractivity contribution >= 4 is 17.6 Å². The van der Waals surface area contributed by atoms with Crippen LogP contribution in [0.3, 0.4) is 0 Å². The molecule has 146 valence electrons. The minimum atomic E-state index is -2.27. The van der Waals surface area contributed by atoms with Gasteiger partial charge in [-0.15, -0.1) is 0 Å². The lowest BCUT2D eigenvalue weighted by molar-refractivity contribution is -0.145. The molecule has 0 aliphatic rings. The minimum absolute atomic E-state index is 0.153. The highest BCUT2D eigenvalue weighted by atomic mass is 35.5. The summed E-state index contributed by atoms with van der Waals surface area (Å²) < 4.78 is 76.1. The third kappa shape index (κ3) is 5.09. The molecule has 0 amide bonds. The summed E-state index contributed by atoms with van der Waals surface area (Å²) in [6.45, 7) is 0.876. The summed E-state index contributed by atoms with van der Waals surface area (Å²) in [5.41, 5.74) is -0.399. The number of ether oxygens (including phenoxy) is 2. The highest BCUT2D eigenvalue weighted by molar-refractivity contribution is 6.30. The molecule has 9 heteroatoms. The molecule has 0 aromatic heterocycles. The number of carbonyl (C=O) groups is 1. The fraction of sp³-hybridized carbons (Fsp3) is 0.278. The summed E-state index contributed by atoms with van der Waals surface area (Å²) in [6.07, 6.45) is 0.0556. The number of halogens is 6. The molecule has 0 saturated heterocycles. The predicted molar refractivity (Wildman–Crippen MR) is 86.9 cm³/mol. The van der Waals surface area contributed by atoms with Gasteiger partial charge in [-0.3, -0.25) is 4.79 Å². The first-order valence-electron chi connectivity index (χ1n) is 7.77. The largest absolute Gasteiger partial charge is 0.493 e. The van der Waals surface area contributed by atoms with Gasteiger partial charge in [0.2, 0.25) is 5.82 Å². The van der Waals surface area contributed by atoms with Crippen molar-refractivity contribution in [2.24, 2.45) is 0 Å². The van der Waals surface area contributed by atoms with Gasteiger partial charge in [-0.2, -0.15) is 0 Å². The molecule has 0 spiro atoms. The number of hydrogen-bond donors (Lipinski definition) is 0. The monoisotopic (exact) mass is 408 g/mol. The molecule has 0 unspecified atom stereocenters. The van der Waals surface area contributed by atoms with Gasteiger partial charge in [0.1, 0.15) is 12.4 Å². The van der Waals surface area contributed by atoms with E-state index in [9.17, 15) is 26.7 Å². The highest BCUT2D eigenvalue weighted by Gasteiger charge is 2.26. The molecule has 2 aromatic rings. The van der Waals surface area contributed by atoms with E-state index >= 15 is 0 Å². The fourth-order valence-electron chi connectivity index (χ4n) is 2.18. The average Bonchev–Trinajstić information content (AvgIpc) is 2.63. The normalized spacial score (nSPS) is 10.8. The lowest BCUT2D eigenvalue weighted by Crippen LogP contribution is -2.12. The summed E-state index contributed by atoms with van der Waals surface area (Å²) >= 11 is 5.82. The molecule has 0 atom stereocenters. The summed E-state index contributed by atoms with van der Waals surface area (Å²) in [5.74, 6) is -10.8. The number of aryl methyl sites for hydroxylation is 1. The molecular weight excluding hydrogens is 395 g/mol. The maximum atomic E-state index is 13.5. The van der Waals surface area contributed by atoms with Gasteiger partial charge in [0.05, 0.1) is 12.2 Å². The Balaban J connectivity index is 1.83. The first kappa shape index (κ1) is 21.0. The molecule has 0 N–H and O–H groups in total. The van der Waals surface area contributed by atoms with Crippen molar-refractivity contribution in [2.45, 2.75) is 26.4 Å². The molecule has 3 nitrogen and oxygen atoms in total. The van der Waals surface area contributed by atoms with Crippen molar-refractivity contribution in [1.29, 1.82) is 0 Å². The van der Waals surface area contributed by atoms with Crippen molar-refractivity contribution in [3.8, 4) is 5.75 Å². The lowest BCUT2D eigenvalue weighted by atomic mass is 10.2. The van der Waals surface area contributed by atoms with E-state index < -0.39 is 47.2 Å².